The van der Waals surface area contributed by atoms with E-state index in [2.05, 4.69) is 10.6 Å². The first-order valence-electron chi connectivity index (χ1n) is 7.95. The molecule has 26 heavy (non-hydrogen) atoms. The summed E-state index contributed by atoms with van der Waals surface area (Å²) in [6, 6.07) is 7.90. The number of rotatable bonds is 5. The zero-order valence-corrected chi connectivity index (χ0v) is 13.7. The van der Waals surface area contributed by atoms with E-state index in [1.165, 1.54) is 6.07 Å². The van der Waals surface area contributed by atoms with Crippen LogP contribution in [0.1, 0.15) is 16.8 Å². The van der Waals surface area contributed by atoms with Gasteiger partial charge >= 0.3 is 0 Å². The summed E-state index contributed by atoms with van der Waals surface area (Å²) in [6.45, 7) is 0.977. The van der Waals surface area contributed by atoms with Crippen LogP contribution in [0, 0.1) is 11.6 Å². The van der Waals surface area contributed by atoms with E-state index in [1.807, 2.05) is 0 Å². The van der Waals surface area contributed by atoms with E-state index < -0.39 is 17.5 Å². The van der Waals surface area contributed by atoms with Crippen molar-refractivity contribution in [2.45, 2.75) is 6.42 Å². The standard InChI is InChI=1S/C18H16F2N2O4/c19-13-3-1-11(9-14(13)20)18(24)21-6-5-17(23)22-12-2-4-15-16(10-12)26-8-7-25-15/h1-4,9-10H,5-8H2,(H,21,24)(H,22,23). The molecule has 0 atom stereocenters. The van der Waals surface area contributed by atoms with E-state index in [-0.39, 0.29) is 24.4 Å². The van der Waals surface area contributed by atoms with Crippen LogP contribution in [-0.4, -0.2) is 31.6 Å². The summed E-state index contributed by atoms with van der Waals surface area (Å²) in [7, 11) is 0. The maximum absolute atomic E-state index is 13.1. The zero-order valence-electron chi connectivity index (χ0n) is 13.7. The van der Waals surface area contributed by atoms with Gasteiger partial charge in [0, 0.05) is 30.3 Å². The lowest BCUT2D eigenvalue weighted by Gasteiger charge is -2.19. The number of halogens is 2. The maximum atomic E-state index is 13.1. The van der Waals surface area contributed by atoms with Crippen molar-refractivity contribution in [3.05, 3.63) is 53.6 Å². The highest BCUT2D eigenvalue weighted by Gasteiger charge is 2.13. The van der Waals surface area contributed by atoms with Crippen LogP contribution in [-0.2, 0) is 4.79 Å². The van der Waals surface area contributed by atoms with Gasteiger partial charge in [-0.2, -0.15) is 0 Å². The van der Waals surface area contributed by atoms with Gasteiger partial charge in [0.05, 0.1) is 0 Å². The van der Waals surface area contributed by atoms with Gasteiger partial charge < -0.3 is 20.1 Å². The summed E-state index contributed by atoms with van der Waals surface area (Å²) in [5.41, 5.74) is 0.530. The molecule has 2 aromatic carbocycles. The summed E-state index contributed by atoms with van der Waals surface area (Å²) in [5.74, 6) is -1.86. The average Bonchev–Trinajstić information content (AvgIpc) is 2.63. The Morgan fingerprint density at radius 1 is 0.962 bits per heavy atom. The van der Waals surface area contributed by atoms with Crippen molar-refractivity contribution < 1.29 is 27.8 Å². The number of benzene rings is 2. The van der Waals surface area contributed by atoms with Crippen LogP contribution in [0.4, 0.5) is 14.5 Å². The maximum Gasteiger partial charge on any atom is 0.251 e. The minimum atomic E-state index is -1.10. The Labute approximate surface area is 148 Å². The van der Waals surface area contributed by atoms with E-state index in [0.717, 1.165) is 12.1 Å². The molecule has 1 aliphatic heterocycles. The number of carbonyl (C=O) groups is 2. The first kappa shape index (κ1) is 17.7. The minimum absolute atomic E-state index is 0.0175. The van der Waals surface area contributed by atoms with Gasteiger partial charge in [-0.3, -0.25) is 9.59 Å². The van der Waals surface area contributed by atoms with Crippen molar-refractivity contribution >= 4 is 17.5 Å². The normalized spacial score (nSPS) is 12.4. The van der Waals surface area contributed by atoms with Crippen LogP contribution in [0.3, 0.4) is 0 Å². The highest BCUT2D eigenvalue weighted by molar-refractivity contribution is 5.95. The van der Waals surface area contributed by atoms with Crippen molar-refractivity contribution in [1.82, 2.24) is 5.32 Å². The third-order valence-electron chi connectivity index (χ3n) is 3.65. The fourth-order valence-corrected chi connectivity index (χ4v) is 2.37. The largest absolute Gasteiger partial charge is 0.486 e. The Morgan fingerprint density at radius 3 is 2.50 bits per heavy atom. The highest BCUT2D eigenvalue weighted by Crippen LogP contribution is 2.32. The van der Waals surface area contributed by atoms with Crippen LogP contribution < -0.4 is 20.1 Å². The van der Waals surface area contributed by atoms with Gasteiger partial charge in [0.15, 0.2) is 23.1 Å². The number of ether oxygens (including phenoxy) is 2. The van der Waals surface area contributed by atoms with Crippen molar-refractivity contribution in [1.29, 1.82) is 0 Å². The molecule has 2 amide bonds. The third kappa shape index (κ3) is 4.27. The van der Waals surface area contributed by atoms with Gasteiger partial charge in [-0.05, 0) is 30.3 Å². The lowest BCUT2D eigenvalue weighted by Crippen LogP contribution is -2.27. The monoisotopic (exact) mass is 362 g/mol. The molecule has 6 nitrogen and oxygen atoms in total. The van der Waals surface area contributed by atoms with Crippen LogP contribution >= 0.6 is 0 Å². The number of carbonyl (C=O) groups excluding carboxylic acids is 2. The third-order valence-corrected chi connectivity index (χ3v) is 3.65. The number of fused-ring (bicyclic) bond motifs is 1. The van der Waals surface area contributed by atoms with Crippen LogP contribution in [0.15, 0.2) is 36.4 Å². The van der Waals surface area contributed by atoms with Crippen molar-refractivity contribution in [2.24, 2.45) is 0 Å². The fraction of sp³-hybridized carbons (Fsp3) is 0.222. The van der Waals surface area contributed by atoms with Gasteiger partial charge in [-0.1, -0.05) is 0 Å². The Hall–Kier alpha value is -3.16. The molecule has 0 fully saturated rings. The highest BCUT2D eigenvalue weighted by atomic mass is 19.2. The van der Waals surface area contributed by atoms with Gasteiger partial charge in [-0.15, -0.1) is 0 Å². The summed E-state index contributed by atoms with van der Waals surface area (Å²) in [5, 5.41) is 5.17. The average molecular weight is 362 g/mol. The number of nitrogens with one attached hydrogen (secondary N) is 2. The fourth-order valence-electron chi connectivity index (χ4n) is 2.37. The summed E-state index contributed by atoms with van der Waals surface area (Å²) in [4.78, 5) is 23.8. The number of amides is 2. The van der Waals surface area contributed by atoms with Gasteiger partial charge in [0.2, 0.25) is 5.91 Å². The molecule has 0 bridgehead atoms. The van der Waals surface area contributed by atoms with Gasteiger partial charge in [0.25, 0.3) is 5.91 Å². The predicted molar refractivity (Wildman–Crippen MR) is 89.4 cm³/mol. The van der Waals surface area contributed by atoms with Crippen molar-refractivity contribution in [3.63, 3.8) is 0 Å². The molecule has 1 heterocycles. The van der Waals surface area contributed by atoms with Crippen molar-refractivity contribution in [3.8, 4) is 11.5 Å². The number of hydrogen-bond acceptors (Lipinski definition) is 4. The summed E-state index contributed by atoms with van der Waals surface area (Å²) in [6.07, 6.45) is 0.0177. The first-order chi connectivity index (χ1) is 12.5. The molecule has 0 saturated carbocycles. The Morgan fingerprint density at radius 2 is 1.73 bits per heavy atom. The molecule has 0 aliphatic carbocycles. The molecule has 0 spiro atoms. The topological polar surface area (TPSA) is 76.7 Å². The number of anilines is 1. The van der Waals surface area contributed by atoms with E-state index in [1.54, 1.807) is 18.2 Å². The molecule has 3 rings (SSSR count). The molecule has 2 aromatic rings. The molecule has 8 heteroatoms. The lowest BCUT2D eigenvalue weighted by atomic mass is 10.2. The van der Waals surface area contributed by atoms with Crippen LogP contribution in [0.2, 0.25) is 0 Å². The first-order valence-corrected chi connectivity index (χ1v) is 7.95. The molecule has 0 saturated heterocycles. The SMILES string of the molecule is O=C(CCNC(=O)c1ccc(F)c(F)c1)Nc1ccc2c(c1)OCCO2. The lowest BCUT2D eigenvalue weighted by molar-refractivity contribution is -0.116. The predicted octanol–water partition coefficient (Wildman–Crippen LogP) is 2.49. The second-order valence-corrected chi connectivity index (χ2v) is 5.54. The quantitative estimate of drug-likeness (QED) is 0.857. The zero-order chi connectivity index (χ0) is 18.5. The Kier molecular flexibility index (Phi) is 5.31. The van der Waals surface area contributed by atoms with E-state index >= 15 is 0 Å². The van der Waals surface area contributed by atoms with E-state index in [0.29, 0.717) is 30.4 Å². The number of hydrogen-bond donors (Lipinski definition) is 2. The molecule has 1 aliphatic rings. The summed E-state index contributed by atoms with van der Waals surface area (Å²) >= 11 is 0. The second-order valence-electron chi connectivity index (χ2n) is 5.54. The minimum Gasteiger partial charge on any atom is -0.486 e. The van der Waals surface area contributed by atoms with Crippen LogP contribution in [0.25, 0.3) is 0 Å². The Bertz CT molecular complexity index is 842. The van der Waals surface area contributed by atoms with Gasteiger partial charge in [-0.25, -0.2) is 8.78 Å². The summed E-state index contributed by atoms with van der Waals surface area (Å²) < 4.78 is 36.8. The van der Waals surface area contributed by atoms with Crippen LogP contribution in [0.5, 0.6) is 11.5 Å². The molecule has 0 aromatic heterocycles. The molecule has 2 N–H and O–H groups in total. The smallest absolute Gasteiger partial charge is 0.251 e. The van der Waals surface area contributed by atoms with E-state index in [4.69, 9.17) is 9.47 Å². The molecule has 0 unspecified atom stereocenters. The molecular weight excluding hydrogens is 346 g/mol. The molecule has 136 valence electrons. The molecular formula is C18H16F2N2O4. The second kappa shape index (κ2) is 7.81. The Balaban J connectivity index is 1.48. The van der Waals surface area contributed by atoms with E-state index in [9.17, 15) is 18.4 Å². The van der Waals surface area contributed by atoms with Gasteiger partial charge in [0.1, 0.15) is 13.2 Å². The van der Waals surface area contributed by atoms with Crippen molar-refractivity contribution in [2.75, 3.05) is 25.1 Å². The molecule has 0 radical (unpaired) electrons.